The zero-order valence-electron chi connectivity index (χ0n) is 25.1. The zero-order chi connectivity index (χ0) is 27.6. The molecule has 212 valence electrons. The Hall–Kier alpha value is 0.460. The van der Waals surface area contributed by atoms with Gasteiger partial charge in [0.15, 0.2) is 0 Å². The first kappa shape index (κ1) is 42.9. The van der Waals surface area contributed by atoms with E-state index in [9.17, 15) is 24.6 Å². The normalized spacial score (nSPS) is 15.8. The number of hydrogen-bond donors (Lipinski definition) is 4. The van der Waals surface area contributed by atoms with E-state index in [4.69, 9.17) is 5.11 Å². The fraction of sp³-hybridized carbons (Fsp3) is 0.821. The second-order valence-corrected chi connectivity index (χ2v) is 11.9. The number of carboxylic acids is 2. The predicted molar refractivity (Wildman–Crippen MR) is 160 cm³/mol. The molecule has 0 bridgehead atoms. The Morgan fingerprint density at radius 1 is 0.921 bits per heavy atom. The second kappa shape index (κ2) is 25.2. The first-order valence-corrected chi connectivity index (χ1v) is 14.6. The number of aliphatic hydroxyl groups is 1. The fourth-order valence-corrected chi connectivity index (χ4v) is 6.20. The number of nitrogens with one attached hydrogen (secondary N) is 1. The van der Waals surface area contributed by atoms with Crippen LogP contribution in [0.1, 0.15) is 118 Å². The number of aliphatic hydroxyl groups excluding tert-OH is 1. The van der Waals surface area contributed by atoms with Gasteiger partial charge in [-0.25, -0.2) is 9.59 Å². The zero-order valence-corrected chi connectivity index (χ0v) is 29.9. The molecule has 2 radical (unpaired) electrons. The summed E-state index contributed by atoms with van der Waals surface area (Å²) in [7, 11) is 0. The molecule has 0 saturated carbocycles. The summed E-state index contributed by atoms with van der Waals surface area (Å²) in [6.07, 6.45) is 15.6. The number of amides is 1. The molecule has 0 spiro atoms. The van der Waals surface area contributed by atoms with Crippen LogP contribution >= 0.6 is 11.8 Å². The number of hydrogen-bond acceptors (Lipinski definition) is 5. The summed E-state index contributed by atoms with van der Waals surface area (Å²) in [6, 6.07) is -1.10. The van der Waals surface area contributed by atoms with Gasteiger partial charge in [0.25, 0.3) is 0 Å². The SMILES string of the molecule is CCCCCCCCCCCC[C@@H](C)[C@@H](S[C@@](C)(CC)C(NC(C)=O)C(=O)O)[C@@H](O)CC=CC(=O)O.[Na].[Na]. The quantitative estimate of drug-likeness (QED) is 0.0772. The number of carboxylic acid groups (broad SMARTS) is 2. The van der Waals surface area contributed by atoms with E-state index in [1.807, 2.05) is 13.8 Å². The Kier molecular flexibility index (Phi) is 28.5. The van der Waals surface area contributed by atoms with Gasteiger partial charge in [0.05, 0.1) is 6.10 Å². The molecular formula is C28H51NNa2O6S. The number of aliphatic carboxylic acids is 2. The van der Waals surface area contributed by atoms with Crippen molar-refractivity contribution in [2.45, 2.75) is 140 Å². The molecule has 10 heteroatoms. The molecule has 7 nitrogen and oxygen atoms in total. The Morgan fingerprint density at radius 3 is 1.84 bits per heavy atom. The molecule has 1 amide bonds. The molecule has 0 aromatic carbocycles. The maximum Gasteiger partial charge on any atom is 0.327 e. The summed E-state index contributed by atoms with van der Waals surface area (Å²) < 4.78 is -0.842. The first-order valence-electron chi connectivity index (χ1n) is 13.7. The van der Waals surface area contributed by atoms with Gasteiger partial charge in [-0.05, 0) is 32.1 Å². The van der Waals surface area contributed by atoms with Crippen molar-refractivity contribution in [1.82, 2.24) is 5.32 Å². The third kappa shape index (κ3) is 19.5. The van der Waals surface area contributed by atoms with Crippen LogP contribution in [-0.4, -0.2) is 114 Å². The average molecular weight is 576 g/mol. The average Bonchev–Trinajstić information content (AvgIpc) is 2.81. The Morgan fingerprint density at radius 2 is 1.42 bits per heavy atom. The molecule has 0 rings (SSSR count). The van der Waals surface area contributed by atoms with Gasteiger partial charge in [-0.15, -0.1) is 11.8 Å². The molecule has 0 aliphatic rings. The summed E-state index contributed by atoms with van der Waals surface area (Å²) in [6.45, 7) is 9.29. The van der Waals surface area contributed by atoms with Crippen LogP contribution in [0.25, 0.3) is 0 Å². The van der Waals surface area contributed by atoms with E-state index < -0.39 is 34.7 Å². The van der Waals surface area contributed by atoms with Crippen molar-refractivity contribution < 1.29 is 29.7 Å². The van der Waals surface area contributed by atoms with Gasteiger partial charge in [0, 0.05) is 82.1 Å². The molecule has 1 unspecified atom stereocenters. The van der Waals surface area contributed by atoms with Crippen LogP contribution in [0.15, 0.2) is 12.2 Å². The van der Waals surface area contributed by atoms with Gasteiger partial charge in [0.2, 0.25) is 5.91 Å². The van der Waals surface area contributed by atoms with E-state index in [0.717, 1.165) is 25.3 Å². The summed E-state index contributed by atoms with van der Waals surface area (Å²) in [4.78, 5) is 34.6. The second-order valence-electron chi connectivity index (χ2n) is 10.2. The number of unbranched alkanes of at least 4 members (excludes halogenated alkanes) is 9. The van der Waals surface area contributed by atoms with E-state index in [0.29, 0.717) is 6.42 Å². The van der Waals surface area contributed by atoms with Crippen molar-refractivity contribution in [2.24, 2.45) is 5.92 Å². The van der Waals surface area contributed by atoms with Crippen molar-refractivity contribution in [1.29, 1.82) is 0 Å². The van der Waals surface area contributed by atoms with Crippen LogP contribution in [0.2, 0.25) is 0 Å². The van der Waals surface area contributed by atoms with Crippen LogP contribution < -0.4 is 5.32 Å². The third-order valence-electron chi connectivity index (χ3n) is 6.90. The predicted octanol–water partition coefficient (Wildman–Crippen LogP) is 5.42. The number of rotatable bonds is 22. The van der Waals surface area contributed by atoms with Gasteiger partial charge in [0.1, 0.15) is 6.04 Å². The summed E-state index contributed by atoms with van der Waals surface area (Å²) >= 11 is 1.40. The Labute approximate surface area is 279 Å². The van der Waals surface area contributed by atoms with Crippen molar-refractivity contribution in [2.75, 3.05) is 0 Å². The molecule has 0 aromatic heterocycles. The Balaban J connectivity index is -0.00000612. The van der Waals surface area contributed by atoms with Gasteiger partial charge in [-0.1, -0.05) is 91.1 Å². The van der Waals surface area contributed by atoms with Crippen LogP contribution in [0.3, 0.4) is 0 Å². The van der Waals surface area contributed by atoms with Crippen molar-refractivity contribution >= 4 is 88.7 Å². The van der Waals surface area contributed by atoms with Crippen LogP contribution in [0.4, 0.5) is 0 Å². The topological polar surface area (TPSA) is 124 Å². The van der Waals surface area contributed by atoms with Gasteiger partial charge in [-0.2, -0.15) is 0 Å². The molecular weight excluding hydrogens is 524 g/mol. The van der Waals surface area contributed by atoms with Crippen molar-refractivity contribution in [3.63, 3.8) is 0 Å². The number of carbonyl (C=O) groups is 3. The summed E-state index contributed by atoms with van der Waals surface area (Å²) in [5.74, 6) is -2.50. The van der Waals surface area contributed by atoms with Gasteiger partial charge in [-0.3, -0.25) is 4.79 Å². The molecule has 0 heterocycles. The number of thioether (sulfide) groups is 1. The molecule has 0 aliphatic heterocycles. The smallest absolute Gasteiger partial charge is 0.327 e. The van der Waals surface area contributed by atoms with E-state index >= 15 is 0 Å². The van der Waals surface area contributed by atoms with Gasteiger partial charge < -0.3 is 20.6 Å². The molecule has 0 fully saturated rings. The van der Waals surface area contributed by atoms with Crippen LogP contribution in [-0.2, 0) is 14.4 Å². The standard InChI is InChI=1S/C28H51NO6S.2Na/c1-6-8-9-10-11-12-13-14-15-16-18-21(3)25(23(31)19-17-20-24(32)33)36-28(5,7-2)26(27(34)35)29-22(4)30;;/h17,20-21,23,25-26,31H,6-16,18-19H2,1-5H3,(H,29,30)(H,32,33)(H,34,35);;/t21-,23+,25-,26?,28+;;/m1../s1. The monoisotopic (exact) mass is 575 g/mol. The van der Waals surface area contributed by atoms with E-state index in [-0.39, 0.29) is 76.7 Å². The maximum atomic E-state index is 12.0. The van der Waals surface area contributed by atoms with Gasteiger partial charge >= 0.3 is 11.9 Å². The van der Waals surface area contributed by atoms with Crippen LogP contribution in [0, 0.1) is 5.92 Å². The molecule has 0 aromatic rings. The molecule has 0 aliphatic carbocycles. The van der Waals surface area contributed by atoms with E-state index in [1.165, 1.54) is 76.1 Å². The number of carbonyl (C=O) groups excluding carboxylic acids is 1. The van der Waals surface area contributed by atoms with Crippen molar-refractivity contribution in [3.05, 3.63) is 12.2 Å². The molecule has 38 heavy (non-hydrogen) atoms. The first-order chi connectivity index (χ1) is 17.0. The van der Waals surface area contributed by atoms with Crippen molar-refractivity contribution in [3.8, 4) is 0 Å². The summed E-state index contributed by atoms with van der Waals surface area (Å²) in [5.41, 5.74) is 0. The summed E-state index contributed by atoms with van der Waals surface area (Å²) in [5, 5.41) is 32.0. The van der Waals surface area contributed by atoms with E-state index in [1.54, 1.807) is 0 Å². The third-order valence-corrected chi connectivity index (χ3v) is 9.02. The minimum Gasteiger partial charge on any atom is -0.480 e. The molecule has 0 saturated heterocycles. The largest absolute Gasteiger partial charge is 0.480 e. The minimum atomic E-state index is -1.11. The Bertz CT molecular complexity index is 682. The maximum absolute atomic E-state index is 12.0. The van der Waals surface area contributed by atoms with Crippen LogP contribution in [0.5, 0.6) is 0 Å². The fourth-order valence-electron chi connectivity index (χ4n) is 4.48. The molecule has 5 atom stereocenters. The minimum absolute atomic E-state index is 0. The molecule has 4 N–H and O–H groups in total. The van der Waals surface area contributed by atoms with E-state index in [2.05, 4.69) is 19.2 Å².